The van der Waals surface area contributed by atoms with Crippen LogP contribution in [0.1, 0.15) is 20.3 Å². The summed E-state index contributed by atoms with van der Waals surface area (Å²) in [6, 6.07) is -1.32. The molecule has 0 aromatic rings. The van der Waals surface area contributed by atoms with E-state index in [1.165, 1.54) is 0 Å². The predicted molar refractivity (Wildman–Crippen MR) is 79.2 cm³/mol. The fourth-order valence-electron chi connectivity index (χ4n) is 2.68. The Balaban J connectivity index is 3.22. The Morgan fingerprint density at radius 1 is 1.28 bits per heavy atom. The minimum atomic E-state index is -2.83. The minimum Gasteiger partial charge on any atom is -0.477 e. The maximum Gasteiger partial charge on any atom is 0.364 e. The molecule has 6 N–H and O–H groups in total. The molecule has 1 amide bonds. The summed E-state index contributed by atoms with van der Waals surface area (Å²) in [6.45, 7) is 2.16. The van der Waals surface area contributed by atoms with E-state index in [0.717, 1.165) is 21.0 Å². The third-order valence-corrected chi connectivity index (χ3v) is 3.96. The lowest BCUT2D eigenvalue weighted by Gasteiger charge is -2.45. The minimum absolute atomic E-state index is 0.619. The van der Waals surface area contributed by atoms with Crippen LogP contribution in [0.4, 0.5) is 0 Å². The molecule has 1 heterocycles. The van der Waals surface area contributed by atoms with Crippen molar-refractivity contribution in [3.63, 3.8) is 0 Å². The fourth-order valence-corrected chi connectivity index (χ4v) is 2.68. The second-order valence-electron chi connectivity index (χ2n) is 5.92. The lowest BCUT2D eigenvalue weighted by atomic mass is 9.87. The Labute approximate surface area is 143 Å². The number of amides is 1. The van der Waals surface area contributed by atoms with E-state index < -0.39 is 66.4 Å². The molecule has 0 saturated carbocycles. The van der Waals surface area contributed by atoms with Crippen LogP contribution < -0.4 is 5.32 Å². The summed E-state index contributed by atoms with van der Waals surface area (Å²) >= 11 is 0. The highest BCUT2D eigenvalue weighted by atomic mass is 16.7. The van der Waals surface area contributed by atoms with Crippen molar-refractivity contribution >= 4 is 17.7 Å². The van der Waals surface area contributed by atoms with Gasteiger partial charge in [0.25, 0.3) is 5.79 Å². The summed E-state index contributed by atoms with van der Waals surface area (Å²) in [4.78, 5) is 33.9. The summed E-state index contributed by atoms with van der Waals surface area (Å²) in [7, 11) is 1.08. The SMILES string of the molecule is CO[C@H](C(O)C(C)=O)[C@@H](O)[C@@H]1OC(O)(C(=O)O)C[C@H](O)[C@H]1NC(C)=O. The van der Waals surface area contributed by atoms with Crippen LogP contribution in [0.5, 0.6) is 0 Å². The van der Waals surface area contributed by atoms with E-state index in [9.17, 15) is 34.8 Å². The van der Waals surface area contributed by atoms with Crippen LogP contribution in [0.2, 0.25) is 0 Å². The predicted octanol–water partition coefficient (Wildman–Crippen LogP) is -3.26. The van der Waals surface area contributed by atoms with Gasteiger partial charge in [-0.15, -0.1) is 0 Å². The van der Waals surface area contributed by atoms with Crippen LogP contribution in [-0.2, 0) is 23.9 Å². The van der Waals surface area contributed by atoms with Gasteiger partial charge in [-0.25, -0.2) is 4.79 Å². The van der Waals surface area contributed by atoms with Gasteiger partial charge in [-0.2, -0.15) is 0 Å². The van der Waals surface area contributed by atoms with Crippen LogP contribution in [0, 0.1) is 0 Å². The van der Waals surface area contributed by atoms with Crippen molar-refractivity contribution in [3.05, 3.63) is 0 Å². The largest absolute Gasteiger partial charge is 0.477 e. The van der Waals surface area contributed by atoms with Crippen LogP contribution in [0.3, 0.4) is 0 Å². The summed E-state index contributed by atoms with van der Waals surface area (Å²) in [5.41, 5.74) is 0. The molecule has 11 nitrogen and oxygen atoms in total. The number of carbonyl (C=O) groups excluding carboxylic acids is 2. The molecular formula is C14H23NO10. The first kappa shape index (κ1) is 21.4. The quantitative estimate of drug-likeness (QED) is 0.268. The number of nitrogens with one attached hydrogen (secondary N) is 1. The number of carboxylic acids is 1. The van der Waals surface area contributed by atoms with Gasteiger partial charge in [0.2, 0.25) is 5.91 Å². The number of aliphatic carboxylic acids is 1. The van der Waals surface area contributed by atoms with Crippen molar-refractivity contribution in [1.29, 1.82) is 0 Å². The average molecular weight is 365 g/mol. The molecule has 144 valence electrons. The summed E-state index contributed by atoms with van der Waals surface area (Å²) in [5, 5.41) is 51.8. The molecule has 7 atom stereocenters. The Morgan fingerprint density at radius 3 is 2.24 bits per heavy atom. The van der Waals surface area contributed by atoms with Crippen LogP contribution in [0.25, 0.3) is 0 Å². The number of carboxylic acid groups (broad SMARTS) is 1. The lowest BCUT2D eigenvalue weighted by Crippen LogP contribution is -2.68. The van der Waals surface area contributed by atoms with Gasteiger partial charge < -0.3 is 40.3 Å². The zero-order chi connectivity index (χ0) is 19.5. The lowest BCUT2D eigenvalue weighted by molar-refractivity contribution is -0.297. The highest BCUT2D eigenvalue weighted by Crippen LogP contribution is 2.31. The molecule has 25 heavy (non-hydrogen) atoms. The first-order valence-corrected chi connectivity index (χ1v) is 7.42. The Kier molecular flexibility index (Phi) is 6.99. The molecule has 0 radical (unpaired) electrons. The second-order valence-corrected chi connectivity index (χ2v) is 5.92. The molecule has 11 heteroatoms. The van der Waals surface area contributed by atoms with Gasteiger partial charge in [0.15, 0.2) is 5.78 Å². The van der Waals surface area contributed by atoms with Gasteiger partial charge in [-0.3, -0.25) is 9.59 Å². The number of ketones is 1. The maximum absolute atomic E-state index is 11.3. The molecule has 0 aromatic heterocycles. The van der Waals surface area contributed by atoms with Crippen molar-refractivity contribution in [2.45, 2.75) is 62.6 Å². The zero-order valence-electron chi connectivity index (χ0n) is 13.9. The normalized spacial score (nSPS) is 33.2. The van der Waals surface area contributed by atoms with Crippen LogP contribution >= 0.6 is 0 Å². The molecule has 0 bridgehead atoms. The number of methoxy groups -OCH3 is 1. The van der Waals surface area contributed by atoms with E-state index in [2.05, 4.69) is 5.32 Å². The van der Waals surface area contributed by atoms with Gasteiger partial charge in [-0.1, -0.05) is 0 Å². The van der Waals surface area contributed by atoms with E-state index >= 15 is 0 Å². The van der Waals surface area contributed by atoms with Gasteiger partial charge >= 0.3 is 5.97 Å². The topological polar surface area (TPSA) is 183 Å². The smallest absolute Gasteiger partial charge is 0.364 e. The molecule has 1 aliphatic rings. The number of hydrogen-bond donors (Lipinski definition) is 6. The Morgan fingerprint density at radius 2 is 1.84 bits per heavy atom. The van der Waals surface area contributed by atoms with Gasteiger partial charge in [0.05, 0.1) is 12.1 Å². The summed E-state index contributed by atoms with van der Waals surface area (Å²) in [6.07, 6.45) is -9.25. The number of ether oxygens (including phenoxy) is 2. The van der Waals surface area contributed by atoms with E-state index in [4.69, 9.17) is 14.6 Å². The monoisotopic (exact) mass is 365 g/mol. The van der Waals surface area contributed by atoms with Crippen LogP contribution in [0.15, 0.2) is 0 Å². The number of aliphatic hydroxyl groups excluding tert-OH is 3. The first-order valence-electron chi connectivity index (χ1n) is 7.42. The van der Waals surface area contributed by atoms with Crippen LogP contribution in [-0.4, -0.2) is 92.7 Å². The van der Waals surface area contributed by atoms with Crippen molar-refractivity contribution in [2.75, 3.05) is 7.11 Å². The van der Waals surface area contributed by atoms with Gasteiger partial charge in [0, 0.05) is 20.5 Å². The van der Waals surface area contributed by atoms with Crippen molar-refractivity contribution < 1.29 is 49.4 Å². The molecule has 1 saturated heterocycles. The fraction of sp³-hybridized carbons (Fsp3) is 0.786. The molecule has 1 aliphatic heterocycles. The Bertz CT molecular complexity index is 526. The van der Waals surface area contributed by atoms with Gasteiger partial charge in [-0.05, 0) is 6.92 Å². The number of Topliss-reactive ketones (excluding diaryl/α,β-unsaturated/α-hetero) is 1. The molecule has 0 aliphatic carbocycles. The summed E-state index contributed by atoms with van der Waals surface area (Å²) in [5.74, 6) is -6.01. The molecule has 2 unspecified atom stereocenters. The molecule has 1 rings (SSSR count). The van der Waals surface area contributed by atoms with Crippen molar-refractivity contribution in [2.24, 2.45) is 0 Å². The molecular weight excluding hydrogens is 342 g/mol. The third-order valence-electron chi connectivity index (χ3n) is 3.96. The zero-order valence-corrected chi connectivity index (χ0v) is 13.9. The second kappa shape index (κ2) is 8.17. The van der Waals surface area contributed by atoms with E-state index in [1.54, 1.807) is 0 Å². The first-order chi connectivity index (χ1) is 11.4. The summed E-state index contributed by atoms with van der Waals surface area (Å²) < 4.78 is 9.90. The standard InChI is InChI=1S/C14H23NO10/c1-5(16)9(19)12(24-3)10(20)11-8(15-6(2)17)7(18)4-14(23,25-11)13(21)22/h7-12,18-20,23H,4H2,1-3H3,(H,15,17)(H,21,22)/t7-,8+,9?,10-,11+,12+,14?/m0/s1. The highest BCUT2D eigenvalue weighted by molar-refractivity contribution is 5.81. The van der Waals surface area contributed by atoms with Crippen molar-refractivity contribution in [1.82, 2.24) is 5.32 Å². The third kappa shape index (κ3) is 4.71. The van der Waals surface area contributed by atoms with Gasteiger partial charge in [0.1, 0.15) is 24.4 Å². The highest BCUT2D eigenvalue weighted by Gasteiger charge is 2.54. The van der Waals surface area contributed by atoms with E-state index in [-0.39, 0.29) is 0 Å². The van der Waals surface area contributed by atoms with E-state index in [0.29, 0.717) is 0 Å². The van der Waals surface area contributed by atoms with E-state index in [1.807, 2.05) is 0 Å². The Hall–Kier alpha value is -1.63. The average Bonchev–Trinajstić information content (AvgIpc) is 2.49. The molecule has 0 aromatic carbocycles. The molecule has 0 spiro atoms. The number of aliphatic hydroxyl groups is 4. The maximum atomic E-state index is 11.3. The molecule has 1 fully saturated rings. The number of rotatable bonds is 7. The number of hydrogen-bond acceptors (Lipinski definition) is 9. The van der Waals surface area contributed by atoms with Crippen molar-refractivity contribution in [3.8, 4) is 0 Å². The number of carbonyl (C=O) groups is 3.